The van der Waals surface area contributed by atoms with Crippen LogP contribution in [-0.4, -0.2) is 44.5 Å². The van der Waals surface area contributed by atoms with Crippen molar-refractivity contribution in [2.24, 2.45) is 0 Å². The van der Waals surface area contributed by atoms with Crippen molar-refractivity contribution in [2.75, 3.05) is 23.3 Å². The van der Waals surface area contributed by atoms with E-state index in [-0.39, 0.29) is 31.8 Å². The van der Waals surface area contributed by atoms with Crippen molar-refractivity contribution in [3.8, 4) is 0 Å². The van der Waals surface area contributed by atoms with Crippen LogP contribution in [0.15, 0.2) is 43.0 Å². The molecule has 9 heteroatoms. The number of rotatable bonds is 4. The molecule has 0 radical (unpaired) electrons. The van der Waals surface area contributed by atoms with Gasteiger partial charge in [-0.05, 0) is 43.4 Å². The number of aromatic nitrogens is 4. The number of nitrogens with zero attached hydrogens (tertiary/aromatic N) is 5. The molecule has 32 heavy (non-hydrogen) atoms. The molecule has 1 aliphatic heterocycles. The van der Waals surface area contributed by atoms with Crippen LogP contribution in [0, 0.1) is 0 Å². The first-order valence-electron chi connectivity index (χ1n) is 10.9. The Balaban J connectivity index is 1.41. The molecular formula is C23H24F2N6O. The lowest BCUT2D eigenvalue weighted by molar-refractivity contribution is -0.0220. The summed E-state index contributed by atoms with van der Waals surface area (Å²) in [6, 6.07) is 3.37. The van der Waals surface area contributed by atoms with Gasteiger partial charge in [-0.1, -0.05) is 6.08 Å². The molecule has 1 aliphatic carbocycles. The van der Waals surface area contributed by atoms with Gasteiger partial charge in [0.1, 0.15) is 0 Å². The predicted octanol–water partition coefficient (Wildman–Crippen LogP) is 4.57. The Morgan fingerprint density at radius 1 is 1.12 bits per heavy atom. The molecular weight excluding hydrogens is 414 g/mol. The lowest BCUT2D eigenvalue weighted by Gasteiger charge is -2.34. The van der Waals surface area contributed by atoms with E-state index in [0.29, 0.717) is 22.6 Å². The molecule has 1 fully saturated rings. The minimum Gasteiger partial charge on any atom is -0.369 e. The second-order valence-corrected chi connectivity index (χ2v) is 8.30. The Labute approximate surface area is 184 Å². The van der Waals surface area contributed by atoms with Crippen LogP contribution in [-0.2, 0) is 0 Å². The number of amides is 1. The summed E-state index contributed by atoms with van der Waals surface area (Å²) < 4.78 is 28.8. The Bertz CT molecular complexity index is 1180. The van der Waals surface area contributed by atoms with E-state index < -0.39 is 5.92 Å². The number of allylic oxidation sites excluding steroid dienone is 2. The fourth-order valence-electron chi connectivity index (χ4n) is 4.32. The maximum Gasteiger partial charge on any atom is 0.259 e. The third-order valence-corrected chi connectivity index (χ3v) is 6.11. The smallest absolute Gasteiger partial charge is 0.259 e. The van der Waals surface area contributed by atoms with Gasteiger partial charge in [-0.15, -0.1) is 0 Å². The number of hydrogen-bond acceptors (Lipinski definition) is 5. The molecule has 1 amide bonds. The topological polar surface area (TPSA) is 75.4 Å². The Morgan fingerprint density at radius 2 is 1.97 bits per heavy atom. The summed E-state index contributed by atoms with van der Waals surface area (Å²) in [6.45, 7) is 0.441. The number of imidazole rings is 1. The van der Waals surface area contributed by atoms with Gasteiger partial charge in [0.05, 0.1) is 35.0 Å². The van der Waals surface area contributed by atoms with Gasteiger partial charge < -0.3 is 10.2 Å². The molecule has 3 aromatic heterocycles. The summed E-state index contributed by atoms with van der Waals surface area (Å²) in [5, 5.41) is 7.21. The van der Waals surface area contributed by atoms with Crippen molar-refractivity contribution >= 4 is 28.5 Å². The van der Waals surface area contributed by atoms with E-state index in [1.807, 2.05) is 11.1 Å². The number of carbonyl (C=O) groups is 1. The number of anilines is 2. The van der Waals surface area contributed by atoms with E-state index in [1.54, 1.807) is 35.2 Å². The molecule has 1 N–H and O–H groups in total. The Hall–Kier alpha value is -3.36. The molecule has 4 heterocycles. The third-order valence-electron chi connectivity index (χ3n) is 6.11. The molecule has 0 aromatic carbocycles. The molecule has 2 aliphatic rings. The lowest BCUT2D eigenvalue weighted by atomic mass is 9.98. The van der Waals surface area contributed by atoms with E-state index in [4.69, 9.17) is 0 Å². The van der Waals surface area contributed by atoms with Crippen LogP contribution in [0.25, 0.3) is 11.2 Å². The first-order chi connectivity index (χ1) is 15.5. The molecule has 5 rings (SSSR count). The standard InChI is InChI=1S/C23H24F2N6O/c24-23(25)8-12-30(13-9-23)20-7-10-26-14-18(20)29-22(32)17-6-11-27-31-15-19(28-21(17)31)16-4-2-1-3-5-16/h4,6-7,10-11,14-15H,1-3,5,8-9,12-13H2,(H,29,32). The molecule has 0 spiro atoms. The van der Waals surface area contributed by atoms with E-state index >= 15 is 0 Å². The summed E-state index contributed by atoms with van der Waals surface area (Å²) in [5.74, 6) is -2.98. The number of nitrogens with one attached hydrogen (secondary N) is 1. The number of hydrogen-bond donors (Lipinski definition) is 1. The van der Waals surface area contributed by atoms with Crippen molar-refractivity contribution in [3.63, 3.8) is 0 Å². The van der Waals surface area contributed by atoms with Gasteiger partial charge in [0, 0.05) is 38.3 Å². The van der Waals surface area contributed by atoms with Gasteiger partial charge in [0.15, 0.2) is 5.65 Å². The second kappa shape index (κ2) is 8.29. The first-order valence-corrected chi connectivity index (χ1v) is 10.9. The Morgan fingerprint density at radius 3 is 2.75 bits per heavy atom. The van der Waals surface area contributed by atoms with Crippen molar-refractivity contribution in [3.05, 3.63) is 54.3 Å². The number of halogens is 2. The van der Waals surface area contributed by atoms with Gasteiger partial charge in [-0.25, -0.2) is 18.3 Å². The summed E-state index contributed by atoms with van der Waals surface area (Å²) in [5.41, 5.74) is 4.07. The van der Waals surface area contributed by atoms with E-state index in [0.717, 1.165) is 25.0 Å². The fraction of sp³-hybridized carbons (Fsp3) is 0.391. The molecule has 1 saturated heterocycles. The largest absolute Gasteiger partial charge is 0.369 e. The molecule has 3 aromatic rings. The second-order valence-electron chi connectivity index (χ2n) is 8.30. The zero-order chi connectivity index (χ0) is 22.1. The van der Waals surface area contributed by atoms with Crippen molar-refractivity contribution in [2.45, 2.75) is 44.4 Å². The minimum atomic E-state index is -2.64. The van der Waals surface area contributed by atoms with Gasteiger partial charge in [0.25, 0.3) is 11.8 Å². The van der Waals surface area contributed by atoms with Crippen molar-refractivity contribution in [1.29, 1.82) is 0 Å². The van der Waals surface area contributed by atoms with Gasteiger partial charge in [0.2, 0.25) is 0 Å². The number of carbonyl (C=O) groups excluding carboxylic acids is 1. The SMILES string of the molecule is O=C(Nc1cnccc1N1CCC(F)(F)CC1)c1ccnn2cc(C3=CCCCC3)nc12. The maximum absolute atomic E-state index is 13.6. The van der Waals surface area contributed by atoms with Crippen LogP contribution >= 0.6 is 0 Å². The highest BCUT2D eigenvalue weighted by Gasteiger charge is 2.34. The zero-order valence-corrected chi connectivity index (χ0v) is 17.6. The van der Waals surface area contributed by atoms with Gasteiger partial charge in [-0.3, -0.25) is 9.78 Å². The first kappa shape index (κ1) is 20.5. The molecule has 166 valence electrons. The van der Waals surface area contributed by atoms with Crippen LogP contribution in [0.3, 0.4) is 0 Å². The van der Waals surface area contributed by atoms with Crippen LogP contribution in [0.2, 0.25) is 0 Å². The van der Waals surface area contributed by atoms with Crippen molar-refractivity contribution in [1.82, 2.24) is 19.6 Å². The average molecular weight is 438 g/mol. The predicted molar refractivity (Wildman–Crippen MR) is 118 cm³/mol. The van der Waals surface area contributed by atoms with Crippen LogP contribution in [0.4, 0.5) is 20.2 Å². The minimum absolute atomic E-state index is 0.208. The molecule has 0 saturated carbocycles. The molecule has 0 unspecified atom stereocenters. The zero-order valence-electron chi connectivity index (χ0n) is 17.6. The molecule has 0 atom stereocenters. The summed E-state index contributed by atoms with van der Waals surface area (Å²) >= 11 is 0. The number of alkyl halides is 2. The van der Waals surface area contributed by atoms with Crippen molar-refractivity contribution < 1.29 is 13.6 Å². The average Bonchev–Trinajstić information content (AvgIpc) is 3.25. The number of fused-ring (bicyclic) bond motifs is 1. The fourth-order valence-corrected chi connectivity index (χ4v) is 4.32. The van der Waals surface area contributed by atoms with E-state index in [1.165, 1.54) is 12.0 Å². The quantitative estimate of drug-likeness (QED) is 0.646. The Kier molecular flexibility index (Phi) is 5.32. The normalized spacial score (nSPS) is 18.4. The monoisotopic (exact) mass is 438 g/mol. The lowest BCUT2D eigenvalue weighted by Crippen LogP contribution is -2.39. The number of piperidine rings is 1. The highest BCUT2D eigenvalue weighted by Crippen LogP contribution is 2.34. The number of pyridine rings is 1. The maximum atomic E-state index is 13.6. The van der Waals surface area contributed by atoms with Gasteiger partial charge in [-0.2, -0.15) is 5.10 Å². The summed E-state index contributed by atoms with van der Waals surface area (Å²) in [6.07, 6.45) is 12.7. The highest BCUT2D eigenvalue weighted by molar-refractivity contribution is 6.09. The third kappa shape index (κ3) is 4.06. The van der Waals surface area contributed by atoms with E-state index in [2.05, 4.69) is 26.5 Å². The molecule has 7 nitrogen and oxygen atoms in total. The summed E-state index contributed by atoms with van der Waals surface area (Å²) in [7, 11) is 0. The summed E-state index contributed by atoms with van der Waals surface area (Å²) in [4.78, 5) is 23.8. The molecule has 0 bridgehead atoms. The highest BCUT2D eigenvalue weighted by atomic mass is 19.3. The van der Waals surface area contributed by atoms with E-state index in [9.17, 15) is 13.6 Å². The van der Waals surface area contributed by atoms with Gasteiger partial charge >= 0.3 is 0 Å². The van der Waals surface area contributed by atoms with Crippen LogP contribution in [0.1, 0.15) is 54.6 Å². The van der Waals surface area contributed by atoms with Crippen LogP contribution in [0.5, 0.6) is 0 Å². The van der Waals surface area contributed by atoms with Crippen LogP contribution < -0.4 is 10.2 Å².